The number of carbonyl (C=O) groups is 4. The van der Waals surface area contributed by atoms with Gasteiger partial charge in [-0.2, -0.15) is 0 Å². The monoisotopic (exact) mass is 632 g/mol. The van der Waals surface area contributed by atoms with Gasteiger partial charge in [-0.25, -0.2) is 14.9 Å². The summed E-state index contributed by atoms with van der Waals surface area (Å²) in [7, 11) is 0. The highest BCUT2D eigenvalue weighted by Crippen LogP contribution is 2.54. The van der Waals surface area contributed by atoms with Crippen LogP contribution in [0.5, 0.6) is 0 Å². The van der Waals surface area contributed by atoms with Crippen LogP contribution in [0.1, 0.15) is 12.8 Å². The van der Waals surface area contributed by atoms with E-state index in [0.717, 1.165) is 46.0 Å². The number of fused-ring (bicyclic) bond motifs is 12. The highest BCUT2D eigenvalue weighted by molar-refractivity contribution is 6.24. The second-order valence-corrected chi connectivity index (χ2v) is 14.2. The van der Waals surface area contributed by atoms with Crippen molar-refractivity contribution in [3.05, 3.63) is 85.0 Å². The van der Waals surface area contributed by atoms with Crippen LogP contribution < -0.4 is 9.80 Å². The van der Waals surface area contributed by atoms with Crippen LogP contribution in [0.4, 0.5) is 11.4 Å². The lowest BCUT2D eigenvalue weighted by atomic mass is 9.85. The first-order valence-corrected chi connectivity index (χ1v) is 16.6. The third kappa shape index (κ3) is 3.36. The molecule has 10 nitrogen and oxygen atoms in total. The summed E-state index contributed by atoms with van der Waals surface area (Å²) in [6.07, 6.45) is 10.2. The Morgan fingerprint density at radius 1 is 0.500 bits per heavy atom. The van der Waals surface area contributed by atoms with Crippen molar-refractivity contribution in [2.24, 2.45) is 47.3 Å². The molecular weight excluding hydrogens is 604 g/mol. The fourth-order valence-corrected chi connectivity index (χ4v) is 9.65. The maximum atomic E-state index is 13.3. The zero-order valence-corrected chi connectivity index (χ0v) is 25.5. The number of nitrogens with zero attached hydrogens (tertiary/aromatic N) is 4. The van der Waals surface area contributed by atoms with Crippen LogP contribution in [0.2, 0.25) is 0 Å². The zero-order chi connectivity index (χ0) is 32.0. The van der Waals surface area contributed by atoms with E-state index >= 15 is 0 Å². The number of H-pyrrole nitrogens is 2. The fourth-order valence-electron chi connectivity index (χ4n) is 9.65. The number of nitrogens with one attached hydrogen (secondary N) is 2. The summed E-state index contributed by atoms with van der Waals surface area (Å²) in [5.74, 6) is 0.732. The smallest absolute Gasteiger partial charge is 0.238 e. The number of aromatic nitrogens is 4. The van der Waals surface area contributed by atoms with E-state index in [4.69, 9.17) is 9.97 Å². The zero-order valence-electron chi connectivity index (χ0n) is 25.5. The molecule has 2 saturated carbocycles. The quantitative estimate of drug-likeness (QED) is 0.202. The Bertz CT molecular complexity index is 2310. The summed E-state index contributed by atoms with van der Waals surface area (Å²) < 4.78 is 0. The number of hydrogen-bond acceptors (Lipinski definition) is 6. The topological polar surface area (TPSA) is 132 Å². The summed E-state index contributed by atoms with van der Waals surface area (Å²) in [5.41, 5.74) is 5.97. The number of hydrogen-bond donors (Lipinski definition) is 2. The van der Waals surface area contributed by atoms with Gasteiger partial charge in [-0.05, 0) is 97.2 Å². The van der Waals surface area contributed by atoms with Crippen LogP contribution in [-0.4, -0.2) is 43.6 Å². The van der Waals surface area contributed by atoms with Crippen molar-refractivity contribution in [1.29, 1.82) is 0 Å². The van der Waals surface area contributed by atoms with Gasteiger partial charge in [0.25, 0.3) is 0 Å². The number of imide groups is 2. The van der Waals surface area contributed by atoms with Crippen molar-refractivity contribution in [3.8, 4) is 22.8 Å². The first-order chi connectivity index (χ1) is 23.4. The number of aromatic amines is 2. The Morgan fingerprint density at radius 2 is 0.917 bits per heavy atom. The predicted octanol–water partition coefficient (Wildman–Crippen LogP) is 5.40. The molecular formula is C38H28N6O4. The molecule has 2 aliphatic heterocycles. The molecule has 4 fully saturated rings. The molecule has 8 unspecified atom stereocenters. The van der Waals surface area contributed by atoms with Crippen LogP contribution in [-0.2, 0) is 19.2 Å². The van der Waals surface area contributed by atoms with E-state index in [-0.39, 0.29) is 71.0 Å². The lowest BCUT2D eigenvalue weighted by Crippen LogP contribution is -2.32. The van der Waals surface area contributed by atoms with Crippen LogP contribution in [0, 0.1) is 47.3 Å². The van der Waals surface area contributed by atoms with Crippen molar-refractivity contribution in [3.63, 3.8) is 0 Å². The summed E-state index contributed by atoms with van der Waals surface area (Å²) in [5, 5.41) is 0. The minimum Gasteiger partial charge on any atom is -0.338 e. The molecule has 11 rings (SSSR count). The summed E-state index contributed by atoms with van der Waals surface area (Å²) in [6, 6.07) is 18.8. The highest BCUT2D eigenvalue weighted by atomic mass is 16.2. The Kier molecular flexibility index (Phi) is 4.97. The second kappa shape index (κ2) is 9.03. The van der Waals surface area contributed by atoms with E-state index in [2.05, 4.69) is 34.3 Å². The molecule has 10 heteroatoms. The Hall–Kier alpha value is -5.64. The summed E-state index contributed by atoms with van der Waals surface area (Å²) >= 11 is 0. The highest BCUT2D eigenvalue weighted by Gasteiger charge is 2.60. The van der Waals surface area contributed by atoms with Gasteiger partial charge in [-0.1, -0.05) is 24.3 Å². The number of anilines is 2. The minimum absolute atomic E-state index is 0.0859. The fraction of sp³-hybridized carbons (Fsp3) is 0.263. The number of carbonyl (C=O) groups excluding carboxylic acids is 4. The predicted molar refractivity (Wildman–Crippen MR) is 177 cm³/mol. The molecule has 0 spiro atoms. The molecule has 8 atom stereocenters. The van der Waals surface area contributed by atoms with E-state index < -0.39 is 0 Å². The molecule has 0 radical (unpaired) electrons. The molecule has 234 valence electrons. The Balaban J connectivity index is 0.860. The maximum Gasteiger partial charge on any atom is 0.238 e. The summed E-state index contributed by atoms with van der Waals surface area (Å²) in [6.45, 7) is 0. The van der Waals surface area contributed by atoms with Crippen LogP contribution >= 0.6 is 0 Å². The van der Waals surface area contributed by atoms with Crippen LogP contribution in [0.25, 0.3) is 44.8 Å². The van der Waals surface area contributed by atoms with E-state index in [1.54, 1.807) is 6.07 Å². The SMILES string of the molecule is O=C1C2C3C=CC(C3)C2C(=O)N1c1ccc(-c2nc3ccc(-c4nc5ccc(N6C(=O)C7C8C=CC(C8)C7C6=O)cc5[nH]4)cc3[nH]2)cc1. The number of amides is 4. The molecule has 2 aromatic heterocycles. The van der Waals surface area contributed by atoms with E-state index in [9.17, 15) is 19.2 Å². The third-order valence-corrected chi connectivity index (χ3v) is 11.8. The normalized spacial score (nSPS) is 31.1. The van der Waals surface area contributed by atoms with Crippen molar-refractivity contribution in [1.82, 2.24) is 19.9 Å². The van der Waals surface area contributed by atoms with Crippen LogP contribution in [0.3, 0.4) is 0 Å². The second-order valence-electron chi connectivity index (χ2n) is 14.2. The van der Waals surface area contributed by atoms with Crippen molar-refractivity contribution < 1.29 is 19.2 Å². The Labute approximate surface area is 273 Å². The first kappa shape index (κ1) is 26.4. The average molecular weight is 633 g/mol. The number of imidazole rings is 2. The van der Waals surface area contributed by atoms with Gasteiger partial charge in [0.1, 0.15) is 11.6 Å². The number of benzene rings is 3. The number of allylic oxidation sites excluding steroid dienone is 4. The molecule has 48 heavy (non-hydrogen) atoms. The molecule has 4 heterocycles. The van der Waals surface area contributed by atoms with Crippen molar-refractivity contribution in [2.45, 2.75) is 12.8 Å². The maximum absolute atomic E-state index is 13.3. The third-order valence-electron chi connectivity index (χ3n) is 11.8. The molecule has 4 amide bonds. The van der Waals surface area contributed by atoms with Gasteiger partial charge < -0.3 is 9.97 Å². The van der Waals surface area contributed by atoms with Gasteiger partial charge in [-0.3, -0.25) is 24.1 Å². The van der Waals surface area contributed by atoms with Crippen molar-refractivity contribution in [2.75, 3.05) is 9.80 Å². The number of rotatable bonds is 4. The first-order valence-electron chi connectivity index (χ1n) is 16.6. The van der Waals surface area contributed by atoms with Gasteiger partial charge in [-0.15, -0.1) is 0 Å². The van der Waals surface area contributed by atoms with Crippen molar-refractivity contribution >= 4 is 57.1 Å². The lowest BCUT2D eigenvalue weighted by Gasteiger charge is -2.17. The van der Waals surface area contributed by atoms with Gasteiger partial charge in [0.15, 0.2) is 0 Å². The molecule has 2 saturated heterocycles. The van der Waals surface area contributed by atoms with E-state index in [0.29, 0.717) is 23.0 Å². The molecule has 4 bridgehead atoms. The molecule has 5 aromatic rings. The van der Waals surface area contributed by atoms with Gasteiger partial charge in [0.05, 0.1) is 57.1 Å². The van der Waals surface area contributed by atoms with Gasteiger partial charge in [0, 0.05) is 11.1 Å². The summed E-state index contributed by atoms with van der Waals surface area (Å²) in [4.78, 5) is 72.3. The van der Waals surface area contributed by atoms with Gasteiger partial charge in [0.2, 0.25) is 23.6 Å². The Morgan fingerprint density at radius 3 is 1.46 bits per heavy atom. The molecule has 3 aromatic carbocycles. The largest absolute Gasteiger partial charge is 0.338 e. The molecule has 6 aliphatic rings. The van der Waals surface area contributed by atoms with E-state index in [1.165, 1.54) is 9.80 Å². The molecule has 4 aliphatic carbocycles. The standard InChI is InChI=1S/C38H28N6O4/c45-35-29-18-1-2-19(13-18)30(29)36(46)43(35)23-8-5-17(6-9-23)33-39-25-11-7-22(15-27(25)41-33)34-40-26-12-10-24(16-28(26)42-34)44-37(47)31-20-3-4-21(14-20)32(31)38(44)48/h1-12,15-16,18-21,29-32H,13-14H2,(H,39,41)(H,40,42). The van der Waals surface area contributed by atoms with Gasteiger partial charge >= 0.3 is 0 Å². The minimum atomic E-state index is -0.240. The average Bonchev–Trinajstić information content (AvgIpc) is 3.95. The van der Waals surface area contributed by atoms with E-state index in [1.807, 2.05) is 54.6 Å². The molecule has 2 N–H and O–H groups in total. The lowest BCUT2D eigenvalue weighted by molar-refractivity contribution is -0.124. The van der Waals surface area contributed by atoms with Crippen LogP contribution in [0.15, 0.2) is 85.0 Å².